The largest absolute Gasteiger partial charge is 0.490 e. The standard InChI is InChI=1S/C19H22N2O6/c1-4-26-14-9-12(7-8-13(14)27-17(22)11-5-6-11)16-15(18(23)25-3)10(2)20-19(24)21-16/h7-9,11,16H,4-6H2,1-3H3,(H2,20,21,24)/t16-/m1/s1. The molecule has 27 heavy (non-hydrogen) atoms. The van der Waals surface area contributed by atoms with Gasteiger partial charge in [-0.1, -0.05) is 6.07 Å². The third-order valence-corrected chi connectivity index (χ3v) is 4.40. The molecule has 1 aliphatic heterocycles. The van der Waals surface area contributed by atoms with Gasteiger partial charge < -0.3 is 24.8 Å². The number of hydrogen-bond acceptors (Lipinski definition) is 6. The van der Waals surface area contributed by atoms with Gasteiger partial charge in [0, 0.05) is 5.70 Å². The van der Waals surface area contributed by atoms with Crippen LogP contribution >= 0.6 is 0 Å². The van der Waals surface area contributed by atoms with Gasteiger partial charge in [-0.3, -0.25) is 4.79 Å². The zero-order valence-corrected chi connectivity index (χ0v) is 15.5. The van der Waals surface area contributed by atoms with Gasteiger partial charge >= 0.3 is 18.0 Å². The van der Waals surface area contributed by atoms with Crippen molar-refractivity contribution in [1.82, 2.24) is 10.6 Å². The van der Waals surface area contributed by atoms with Gasteiger partial charge in [0.1, 0.15) is 0 Å². The fourth-order valence-electron chi connectivity index (χ4n) is 2.89. The Morgan fingerprint density at radius 3 is 2.59 bits per heavy atom. The maximum absolute atomic E-state index is 12.2. The number of urea groups is 1. The van der Waals surface area contributed by atoms with Crippen LogP contribution in [0.2, 0.25) is 0 Å². The second-order valence-electron chi connectivity index (χ2n) is 6.40. The molecule has 1 aromatic rings. The molecule has 2 amide bonds. The molecule has 2 N–H and O–H groups in total. The third kappa shape index (κ3) is 4.05. The van der Waals surface area contributed by atoms with E-state index in [2.05, 4.69) is 10.6 Å². The Morgan fingerprint density at radius 1 is 1.22 bits per heavy atom. The lowest BCUT2D eigenvalue weighted by atomic mass is 9.95. The summed E-state index contributed by atoms with van der Waals surface area (Å²) in [7, 11) is 1.28. The molecule has 144 valence electrons. The van der Waals surface area contributed by atoms with E-state index in [9.17, 15) is 14.4 Å². The predicted molar refractivity (Wildman–Crippen MR) is 95.1 cm³/mol. The van der Waals surface area contributed by atoms with E-state index >= 15 is 0 Å². The van der Waals surface area contributed by atoms with Crippen molar-refractivity contribution in [3.63, 3.8) is 0 Å². The first-order valence-corrected chi connectivity index (χ1v) is 8.79. The number of ether oxygens (including phenoxy) is 3. The zero-order valence-electron chi connectivity index (χ0n) is 15.5. The fraction of sp³-hybridized carbons (Fsp3) is 0.421. The van der Waals surface area contributed by atoms with Gasteiger partial charge in [0.25, 0.3) is 0 Å². The van der Waals surface area contributed by atoms with E-state index in [1.54, 1.807) is 25.1 Å². The summed E-state index contributed by atoms with van der Waals surface area (Å²) < 4.78 is 15.9. The van der Waals surface area contributed by atoms with Crippen molar-refractivity contribution in [2.45, 2.75) is 32.7 Å². The Hall–Kier alpha value is -3.03. The Labute approximate surface area is 156 Å². The molecule has 8 nitrogen and oxygen atoms in total. The van der Waals surface area contributed by atoms with Crippen molar-refractivity contribution in [3.8, 4) is 11.5 Å². The monoisotopic (exact) mass is 374 g/mol. The van der Waals surface area contributed by atoms with Crippen molar-refractivity contribution < 1.29 is 28.6 Å². The van der Waals surface area contributed by atoms with Gasteiger partial charge in [-0.2, -0.15) is 0 Å². The molecule has 0 spiro atoms. The molecule has 0 aromatic heterocycles. The molecule has 1 heterocycles. The van der Waals surface area contributed by atoms with E-state index in [4.69, 9.17) is 14.2 Å². The number of hydrogen-bond donors (Lipinski definition) is 2. The van der Waals surface area contributed by atoms with Crippen molar-refractivity contribution in [2.75, 3.05) is 13.7 Å². The number of carbonyl (C=O) groups is 3. The highest BCUT2D eigenvalue weighted by molar-refractivity contribution is 5.95. The van der Waals surface area contributed by atoms with Gasteiger partial charge in [-0.15, -0.1) is 0 Å². The number of nitrogens with one attached hydrogen (secondary N) is 2. The first-order chi connectivity index (χ1) is 12.9. The molecule has 0 radical (unpaired) electrons. The molecule has 1 fully saturated rings. The fourth-order valence-corrected chi connectivity index (χ4v) is 2.89. The average molecular weight is 374 g/mol. The van der Waals surface area contributed by atoms with Crippen LogP contribution in [0.1, 0.15) is 38.3 Å². The topological polar surface area (TPSA) is 103 Å². The molecule has 3 rings (SSSR count). The molecule has 0 unspecified atom stereocenters. The number of allylic oxidation sites excluding steroid dienone is 1. The van der Waals surface area contributed by atoms with Gasteiger partial charge in [0.15, 0.2) is 11.5 Å². The lowest BCUT2D eigenvalue weighted by molar-refractivity contribution is -0.137. The number of rotatable bonds is 6. The number of amides is 2. The minimum atomic E-state index is -0.710. The summed E-state index contributed by atoms with van der Waals surface area (Å²) in [6.07, 6.45) is 1.68. The quantitative estimate of drug-likeness (QED) is 0.585. The molecule has 1 atom stereocenters. The Kier molecular flexibility index (Phi) is 5.34. The van der Waals surface area contributed by atoms with Gasteiger partial charge in [-0.25, -0.2) is 9.59 Å². The second-order valence-corrected chi connectivity index (χ2v) is 6.40. The first-order valence-electron chi connectivity index (χ1n) is 8.79. The number of carbonyl (C=O) groups excluding carboxylic acids is 3. The van der Waals surface area contributed by atoms with Crippen LogP contribution in [0.3, 0.4) is 0 Å². The molecule has 8 heteroatoms. The highest BCUT2D eigenvalue weighted by Crippen LogP contribution is 2.37. The van der Waals surface area contributed by atoms with Gasteiger partial charge in [-0.05, 0) is 44.4 Å². The van der Waals surface area contributed by atoms with Crippen LogP contribution in [0.25, 0.3) is 0 Å². The lowest BCUT2D eigenvalue weighted by Gasteiger charge is -2.28. The molecule has 1 aliphatic carbocycles. The van der Waals surface area contributed by atoms with Crippen molar-refractivity contribution in [3.05, 3.63) is 35.0 Å². The van der Waals surface area contributed by atoms with Crippen molar-refractivity contribution >= 4 is 18.0 Å². The van der Waals surface area contributed by atoms with Crippen LogP contribution in [0, 0.1) is 5.92 Å². The van der Waals surface area contributed by atoms with Gasteiger partial charge in [0.2, 0.25) is 0 Å². The Balaban J connectivity index is 1.95. The summed E-state index contributed by atoms with van der Waals surface area (Å²) >= 11 is 0. The van der Waals surface area contributed by atoms with Crippen LogP contribution in [0.15, 0.2) is 29.5 Å². The molecule has 1 aromatic carbocycles. The second kappa shape index (κ2) is 7.69. The molecule has 0 bridgehead atoms. The van der Waals surface area contributed by atoms with Crippen LogP contribution in [-0.2, 0) is 14.3 Å². The molecular weight excluding hydrogens is 352 g/mol. The van der Waals surface area contributed by atoms with Crippen LogP contribution < -0.4 is 20.1 Å². The first kappa shape index (κ1) is 18.8. The van der Waals surface area contributed by atoms with E-state index in [1.807, 2.05) is 6.92 Å². The van der Waals surface area contributed by atoms with Crippen molar-refractivity contribution in [1.29, 1.82) is 0 Å². The van der Waals surface area contributed by atoms with Crippen LogP contribution in [0.5, 0.6) is 11.5 Å². The molecule has 0 saturated heterocycles. The third-order valence-electron chi connectivity index (χ3n) is 4.40. The smallest absolute Gasteiger partial charge is 0.337 e. The van der Waals surface area contributed by atoms with Crippen LogP contribution in [0.4, 0.5) is 4.79 Å². The average Bonchev–Trinajstić information content (AvgIpc) is 3.47. The molecular formula is C19H22N2O6. The van der Waals surface area contributed by atoms with E-state index < -0.39 is 18.0 Å². The van der Waals surface area contributed by atoms with Gasteiger partial charge in [0.05, 0.1) is 31.2 Å². The van der Waals surface area contributed by atoms with E-state index in [-0.39, 0.29) is 11.9 Å². The Morgan fingerprint density at radius 2 is 1.96 bits per heavy atom. The maximum atomic E-state index is 12.2. The summed E-state index contributed by atoms with van der Waals surface area (Å²) in [5.74, 6) is -0.173. The summed E-state index contributed by atoms with van der Waals surface area (Å²) in [5, 5.41) is 5.28. The van der Waals surface area contributed by atoms with Crippen LogP contribution in [-0.4, -0.2) is 31.7 Å². The van der Waals surface area contributed by atoms with E-state index in [1.165, 1.54) is 7.11 Å². The lowest BCUT2D eigenvalue weighted by Crippen LogP contribution is -2.45. The van der Waals surface area contributed by atoms with Crippen molar-refractivity contribution in [2.24, 2.45) is 5.92 Å². The zero-order chi connectivity index (χ0) is 19.6. The highest BCUT2D eigenvalue weighted by atomic mass is 16.6. The Bertz CT molecular complexity index is 812. The van der Waals surface area contributed by atoms with E-state index in [0.717, 1.165) is 12.8 Å². The normalized spacial score (nSPS) is 19.1. The SMILES string of the molecule is CCOc1cc([C@H]2NC(=O)NC(C)=C2C(=O)OC)ccc1OC(=O)C1CC1. The molecule has 1 saturated carbocycles. The summed E-state index contributed by atoms with van der Waals surface area (Å²) in [4.78, 5) is 36.1. The van der Waals surface area contributed by atoms with E-state index in [0.29, 0.717) is 34.9 Å². The number of esters is 2. The number of benzene rings is 1. The number of methoxy groups -OCH3 is 1. The summed E-state index contributed by atoms with van der Waals surface area (Å²) in [6.45, 7) is 3.82. The minimum absolute atomic E-state index is 0.0422. The maximum Gasteiger partial charge on any atom is 0.337 e. The minimum Gasteiger partial charge on any atom is -0.490 e. The summed E-state index contributed by atoms with van der Waals surface area (Å²) in [5.41, 5.74) is 1.32. The summed E-state index contributed by atoms with van der Waals surface area (Å²) in [6, 6.07) is 3.82. The molecule has 2 aliphatic rings. The predicted octanol–water partition coefficient (Wildman–Crippen LogP) is 2.20. The highest BCUT2D eigenvalue weighted by Gasteiger charge is 2.34.